The number of benzene rings is 2. The van der Waals surface area contributed by atoms with Crippen molar-refractivity contribution in [3.05, 3.63) is 81.4 Å². The maximum absolute atomic E-state index is 13.3. The molecule has 0 fully saturated rings. The standard InChI is InChI=1S/C23H22N4O3/c1-13-6-5-7-18(15(13)3)24-23(29)21-20(16-8-10-17(30-4)11-9-16)22-25-19(28)12-14(2)27(22)26-21/h5-12H,1-4H3,(H,24,29)(H,25,28). The first kappa shape index (κ1) is 19.4. The van der Waals surface area contributed by atoms with E-state index in [2.05, 4.69) is 15.4 Å². The average Bonchev–Trinajstić information content (AvgIpc) is 3.11. The summed E-state index contributed by atoms with van der Waals surface area (Å²) in [5.74, 6) is 0.347. The summed E-state index contributed by atoms with van der Waals surface area (Å²) in [5, 5.41) is 7.49. The minimum atomic E-state index is -0.349. The molecule has 152 valence electrons. The van der Waals surface area contributed by atoms with Gasteiger partial charge >= 0.3 is 0 Å². The number of nitrogens with one attached hydrogen (secondary N) is 2. The highest BCUT2D eigenvalue weighted by Crippen LogP contribution is 2.30. The van der Waals surface area contributed by atoms with Gasteiger partial charge in [0, 0.05) is 17.4 Å². The number of anilines is 1. The predicted molar refractivity (Wildman–Crippen MR) is 116 cm³/mol. The molecule has 0 aliphatic heterocycles. The molecule has 2 N–H and O–H groups in total. The van der Waals surface area contributed by atoms with Crippen LogP contribution in [0.4, 0.5) is 5.69 Å². The van der Waals surface area contributed by atoms with Crippen molar-refractivity contribution in [2.45, 2.75) is 20.8 Å². The summed E-state index contributed by atoms with van der Waals surface area (Å²) >= 11 is 0. The molecule has 2 heterocycles. The van der Waals surface area contributed by atoms with Crippen LogP contribution in [-0.2, 0) is 0 Å². The van der Waals surface area contributed by atoms with Crippen LogP contribution in [0.25, 0.3) is 16.8 Å². The van der Waals surface area contributed by atoms with Crippen molar-refractivity contribution in [1.82, 2.24) is 14.6 Å². The van der Waals surface area contributed by atoms with Gasteiger partial charge in [-0.05, 0) is 55.7 Å². The average molecular weight is 402 g/mol. The van der Waals surface area contributed by atoms with Crippen LogP contribution in [0, 0.1) is 20.8 Å². The van der Waals surface area contributed by atoms with E-state index in [9.17, 15) is 9.59 Å². The van der Waals surface area contributed by atoms with Gasteiger partial charge in [-0.3, -0.25) is 9.59 Å². The highest BCUT2D eigenvalue weighted by Gasteiger charge is 2.23. The number of aromatic amines is 1. The van der Waals surface area contributed by atoms with E-state index in [1.165, 1.54) is 6.07 Å². The number of hydrogen-bond acceptors (Lipinski definition) is 4. The minimum absolute atomic E-state index is 0.228. The normalized spacial score (nSPS) is 10.9. The molecule has 0 saturated heterocycles. The molecule has 0 bridgehead atoms. The van der Waals surface area contributed by atoms with Gasteiger partial charge in [-0.25, -0.2) is 4.52 Å². The van der Waals surface area contributed by atoms with Gasteiger partial charge in [0.25, 0.3) is 11.5 Å². The van der Waals surface area contributed by atoms with E-state index in [1.54, 1.807) is 30.7 Å². The Hall–Kier alpha value is -3.87. The van der Waals surface area contributed by atoms with Gasteiger partial charge < -0.3 is 15.0 Å². The van der Waals surface area contributed by atoms with Crippen molar-refractivity contribution in [2.75, 3.05) is 12.4 Å². The molecule has 7 heteroatoms. The van der Waals surface area contributed by atoms with Crippen LogP contribution in [-0.4, -0.2) is 27.6 Å². The summed E-state index contributed by atoms with van der Waals surface area (Å²) in [6.45, 7) is 5.73. The molecule has 30 heavy (non-hydrogen) atoms. The number of aromatic nitrogens is 3. The highest BCUT2D eigenvalue weighted by atomic mass is 16.5. The number of ether oxygens (including phenoxy) is 1. The fraction of sp³-hybridized carbons (Fsp3) is 0.174. The number of rotatable bonds is 4. The molecule has 2 aromatic carbocycles. The number of fused-ring (bicyclic) bond motifs is 1. The summed E-state index contributed by atoms with van der Waals surface area (Å²) in [6, 6.07) is 14.5. The third-order valence-electron chi connectivity index (χ3n) is 5.25. The van der Waals surface area contributed by atoms with Crippen LogP contribution in [0.15, 0.2) is 53.3 Å². The van der Waals surface area contributed by atoms with Gasteiger partial charge in [0.15, 0.2) is 5.69 Å². The Morgan fingerprint density at radius 1 is 1.10 bits per heavy atom. The minimum Gasteiger partial charge on any atom is -0.497 e. The number of hydrogen-bond donors (Lipinski definition) is 2. The highest BCUT2D eigenvalue weighted by molar-refractivity contribution is 6.09. The van der Waals surface area contributed by atoms with Crippen LogP contribution in [0.1, 0.15) is 27.3 Å². The van der Waals surface area contributed by atoms with Gasteiger partial charge in [0.05, 0.1) is 12.7 Å². The first-order chi connectivity index (χ1) is 14.4. The quantitative estimate of drug-likeness (QED) is 0.542. The number of H-pyrrole nitrogens is 1. The van der Waals surface area contributed by atoms with Crippen molar-refractivity contribution in [3.8, 4) is 16.9 Å². The van der Waals surface area contributed by atoms with Gasteiger partial charge in [-0.1, -0.05) is 24.3 Å². The summed E-state index contributed by atoms with van der Waals surface area (Å²) in [5.41, 5.74) is 5.18. The van der Waals surface area contributed by atoms with Crippen molar-refractivity contribution in [2.24, 2.45) is 0 Å². The van der Waals surface area contributed by atoms with E-state index < -0.39 is 0 Å². The molecule has 0 radical (unpaired) electrons. The van der Waals surface area contributed by atoms with E-state index in [1.807, 2.05) is 44.2 Å². The van der Waals surface area contributed by atoms with Crippen LogP contribution < -0.4 is 15.6 Å². The summed E-state index contributed by atoms with van der Waals surface area (Å²) in [4.78, 5) is 28.2. The fourth-order valence-corrected chi connectivity index (χ4v) is 3.45. The van der Waals surface area contributed by atoms with E-state index in [4.69, 9.17) is 4.74 Å². The lowest BCUT2D eigenvalue weighted by Crippen LogP contribution is -2.15. The molecule has 7 nitrogen and oxygen atoms in total. The Balaban J connectivity index is 1.90. The molecule has 0 aliphatic rings. The number of carbonyl (C=O) groups is 1. The zero-order valence-corrected chi connectivity index (χ0v) is 17.2. The van der Waals surface area contributed by atoms with Gasteiger partial charge in [0.1, 0.15) is 11.4 Å². The zero-order chi connectivity index (χ0) is 21.4. The molecule has 1 amide bonds. The molecule has 0 aliphatic carbocycles. The Morgan fingerprint density at radius 2 is 1.83 bits per heavy atom. The number of carbonyl (C=O) groups excluding carboxylic acids is 1. The van der Waals surface area contributed by atoms with E-state index in [0.717, 1.165) is 22.4 Å². The summed E-state index contributed by atoms with van der Waals surface area (Å²) < 4.78 is 6.82. The zero-order valence-electron chi connectivity index (χ0n) is 17.2. The molecule has 2 aromatic heterocycles. The number of aryl methyl sites for hydroxylation is 2. The molecule has 0 unspecified atom stereocenters. The Labute approximate surface area is 173 Å². The molecule has 0 saturated carbocycles. The molecular weight excluding hydrogens is 380 g/mol. The maximum Gasteiger partial charge on any atom is 0.276 e. The Morgan fingerprint density at radius 3 is 2.53 bits per heavy atom. The van der Waals surface area contributed by atoms with E-state index in [-0.39, 0.29) is 17.2 Å². The Kier molecular flexibility index (Phi) is 4.87. The second kappa shape index (κ2) is 7.51. The van der Waals surface area contributed by atoms with Crippen molar-refractivity contribution in [1.29, 1.82) is 0 Å². The third-order valence-corrected chi connectivity index (χ3v) is 5.25. The first-order valence-corrected chi connectivity index (χ1v) is 9.53. The molecule has 4 rings (SSSR count). The lowest BCUT2D eigenvalue weighted by Gasteiger charge is -2.10. The van der Waals surface area contributed by atoms with Crippen molar-refractivity contribution >= 4 is 17.2 Å². The predicted octanol–water partition coefficient (Wildman–Crippen LogP) is 3.88. The van der Waals surface area contributed by atoms with Crippen molar-refractivity contribution < 1.29 is 9.53 Å². The number of nitrogens with zero attached hydrogens (tertiary/aromatic N) is 2. The molecule has 0 atom stereocenters. The SMILES string of the molecule is COc1ccc(-c2c(C(=O)Nc3cccc(C)c3C)nn3c(C)cc(=O)[nH]c23)cc1. The smallest absolute Gasteiger partial charge is 0.276 e. The largest absolute Gasteiger partial charge is 0.497 e. The topological polar surface area (TPSA) is 88.5 Å². The van der Waals surface area contributed by atoms with Gasteiger partial charge in [-0.2, -0.15) is 5.10 Å². The number of methoxy groups -OCH3 is 1. The Bertz CT molecular complexity index is 1320. The summed E-state index contributed by atoms with van der Waals surface area (Å²) in [7, 11) is 1.59. The lowest BCUT2D eigenvalue weighted by atomic mass is 10.0. The molecular formula is C23H22N4O3. The third kappa shape index (κ3) is 3.34. The lowest BCUT2D eigenvalue weighted by molar-refractivity contribution is 0.102. The van der Waals surface area contributed by atoms with Crippen LogP contribution in [0.2, 0.25) is 0 Å². The second-order valence-corrected chi connectivity index (χ2v) is 7.19. The van der Waals surface area contributed by atoms with Crippen LogP contribution >= 0.6 is 0 Å². The molecule has 4 aromatic rings. The number of amides is 1. The van der Waals surface area contributed by atoms with Crippen LogP contribution in [0.3, 0.4) is 0 Å². The van der Waals surface area contributed by atoms with Crippen molar-refractivity contribution in [3.63, 3.8) is 0 Å². The fourth-order valence-electron chi connectivity index (χ4n) is 3.45. The van der Waals surface area contributed by atoms with E-state index >= 15 is 0 Å². The summed E-state index contributed by atoms with van der Waals surface area (Å²) in [6.07, 6.45) is 0. The maximum atomic E-state index is 13.3. The molecule has 0 spiro atoms. The van der Waals surface area contributed by atoms with E-state index in [0.29, 0.717) is 22.7 Å². The monoisotopic (exact) mass is 402 g/mol. The van der Waals surface area contributed by atoms with Gasteiger partial charge in [-0.15, -0.1) is 0 Å². The first-order valence-electron chi connectivity index (χ1n) is 9.53. The second-order valence-electron chi connectivity index (χ2n) is 7.19. The van der Waals surface area contributed by atoms with Crippen LogP contribution in [0.5, 0.6) is 5.75 Å². The van der Waals surface area contributed by atoms with Gasteiger partial charge in [0.2, 0.25) is 0 Å².